The van der Waals surface area contributed by atoms with Gasteiger partial charge < -0.3 is 14.5 Å². The van der Waals surface area contributed by atoms with Gasteiger partial charge in [0.05, 0.1) is 0 Å². The Balaban J connectivity index is 1.51. The van der Waals surface area contributed by atoms with Crippen LogP contribution in [0.3, 0.4) is 0 Å². The Hall–Kier alpha value is -3.60. The third-order valence-corrected chi connectivity index (χ3v) is 5.53. The number of hydrogen-bond acceptors (Lipinski definition) is 4. The smallest absolute Gasteiger partial charge is 0.262 e. The quantitative estimate of drug-likeness (QED) is 0.378. The van der Waals surface area contributed by atoms with Gasteiger partial charge in [-0.1, -0.05) is 43.7 Å². The first-order chi connectivity index (χ1) is 15.3. The molecule has 5 nitrogen and oxygen atoms in total. The largest absolute Gasteiger partial charge is 0.483 e. The van der Waals surface area contributed by atoms with E-state index in [1.807, 2.05) is 63.2 Å². The van der Waals surface area contributed by atoms with E-state index < -0.39 is 0 Å². The number of nitrogens with one attached hydrogen (secondary N) is 1. The lowest BCUT2D eigenvalue weighted by Crippen LogP contribution is -2.21. The summed E-state index contributed by atoms with van der Waals surface area (Å²) in [5.41, 5.74) is 7.44. The molecule has 4 aromatic rings. The minimum Gasteiger partial charge on any atom is -0.483 e. The summed E-state index contributed by atoms with van der Waals surface area (Å²) in [5.74, 6) is 1.45. The zero-order valence-corrected chi connectivity index (χ0v) is 19.2. The molecule has 0 bridgehead atoms. The van der Waals surface area contributed by atoms with Crippen molar-refractivity contribution in [1.29, 1.82) is 0 Å². The van der Waals surface area contributed by atoms with Gasteiger partial charge in [0.2, 0.25) is 5.89 Å². The third-order valence-electron chi connectivity index (χ3n) is 5.53. The summed E-state index contributed by atoms with van der Waals surface area (Å²) in [5, 5.41) is 2.95. The highest BCUT2D eigenvalue weighted by molar-refractivity contribution is 5.93. The van der Waals surface area contributed by atoms with Crippen LogP contribution in [0.1, 0.15) is 42.0 Å². The first-order valence-corrected chi connectivity index (χ1v) is 10.8. The van der Waals surface area contributed by atoms with E-state index in [9.17, 15) is 4.79 Å². The zero-order chi connectivity index (χ0) is 22.8. The average Bonchev–Trinajstić information content (AvgIpc) is 3.18. The Morgan fingerprint density at radius 1 is 1.00 bits per heavy atom. The summed E-state index contributed by atoms with van der Waals surface area (Å²) < 4.78 is 11.7. The van der Waals surface area contributed by atoms with Crippen molar-refractivity contribution in [3.05, 3.63) is 76.9 Å². The summed E-state index contributed by atoms with van der Waals surface area (Å²) in [6.45, 7) is 10.2. The van der Waals surface area contributed by atoms with Crippen molar-refractivity contribution in [3.8, 4) is 17.2 Å². The first kappa shape index (κ1) is 21.6. The van der Waals surface area contributed by atoms with Crippen LogP contribution in [-0.2, 0) is 4.79 Å². The predicted molar refractivity (Wildman–Crippen MR) is 128 cm³/mol. The lowest BCUT2D eigenvalue weighted by atomic mass is 10.0. The fourth-order valence-electron chi connectivity index (χ4n) is 3.61. The second kappa shape index (κ2) is 8.87. The van der Waals surface area contributed by atoms with Crippen molar-refractivity contribution < 1.29 is 13.9 Å². The van der Waals surface area contributed by atoms with Gasteiger partial charge in [0, 0.05) is 11.3 Å². The SMILES string of the molecule is Cc1ccc(OCC(=O)Nc2cc(-c3nc4cc(C(C)C)ccc4o3)ccc2C)c(C)c1. The molecular weight excluding hydrogens is 400 g/mol. The molecule has 1 amide bonds. The van der Waals surface area contributed by atoms with Crippen LogP contribution in [0.4, 0.5) is 5.69 Å². The Morgan fingerprint density at radius 3 is 2.56 bits per heavy atom. The number of carbonyl (C=O) groups is 1. The highest BCUT2D eigenvalue weighted by Crippen LogP contribution is 2.29. The Morgan fingerprint density at radius 2 is 1.81 bits per heavy atom. The first-order valence-electron chi connectivity index (χ1n) is 10.8. The van der Waals surface area contributed by atoms with Gasteiger partial charge in [0.25, 0.3) is 5.91 Å². The average molecular weight is 429 g/mol. The number of hydrogen-bond donors (Lipinski definition) is 1. The zero-order valence-electron chi connectivity index (χ0n) is 19.2. The maximum atomic E-state index is 12.5. The third kappa shape index (κ3) is 4.67. The number of benzene rings is 3. The van der Waals surface area contributed by atoms with Gasteiger partial charge in [-0.05, 0) is 73.7 Å². The van der Waals surface area contributed by atoms with E-state index in [-0.39, 0.29) is 12.5 Å². The van der Waals surface area contributed by atoms with Gasteiger partial charge in [0.1, 0.15) is 11.3 Å². The number of oxazole rings is 1. The minimum atomic E-state index is -0.218. The highest BCUT2D eigenvalue weighted by atomic mass is 16.5. The van der Waals surface area contributed by atoms with Gasteiger partial charge in [-0.25, -0.2) is 4.98 Å². The molecule has 0 aliphatic carbocycles. The second-order valence-electron chi connectivity index (χ2n) is 8.54. The van der Waals surface area contributed by atoms with Crippen LogP contribution in [0.25, 0.3) is 22.6 Å². The molecule has 1 N–H and O–H groups in total. The Bertz CT molecular complexity index is 1290. The molecule has 0 saturated carbocycles. The molecule has 0 saturated heterocycles. The number of aryl methyl sites for hydroxylation is 3. The van der Waals surface area contributed by atoms with Crippen LogP contribution < -0.4 is 10.1 Å². The molecule has 0 aliphatic heterocycles. The molecule has 0 radical (unpaired) electrons. The molecule has 0 atom stereocenters. The van der Waals surface area contributed by atoms with Crippen LogP contribution in [0.15, 0.2) is 59.0 Å². The summed E-state index contributed by atoms with van der Waals surface area (Å²) in [7, 11) is 0. The standard InChI is InChI=1S/C27H28N2O3/c1-16(2)20-9-11-25-23(13-20)29-27(32-25)21-8-7-18(4)22(14-21)28-26(30)15-31-24-10-6-17(3)12-19(24)5/h6-14,16H,15H2,1-5H3,(H,28,30). The van der Waals surface area contributed by atoms with Crippen molar-refractivity contribution in [2.45, 2.75) is 40.5 Å². The molecular formula is C27H28N2O3. The molecule has 0 spiro atoms. The van der Waals surface area contributed by atoms with Crippen LogP contribution in [0.2, 0.25) is 0 Å². The van der Waals surface area contributed by atoms with E-state index in [1.54, 1.807) is 0 Å². The summed E-state index contributed by atoms with van der Waals surface area (Å²) in [6, 6.07) is 17.8. The van der Waals surface area contributed by atoms with E-state index in [4.69, 9.17) is 9.15 Å². The normalized spacial score (nSPS) is 11.2. The Kier molecular flexibility index (Phi) is 5.99. The van der Waals surface area contributed by atoms with Crippen LogP contribution in [0.5, 0.6) is 5.75 Å². The Labute approximate surface area is 188 Å². The van der Waals surface area contributed by atoms with Crippen LogP contribution in [0, 0.1) is 20.8 Å². The van der Waals surface area contributed by atoms with Crippen molar-refractivity contribution in [3.63, 3.8) is 0 Å². The molecule has 1 aromatic heterocycles. The van der Waals surface area contributed by atoms with Gasteiger partial charge in [0.15, 0.2) is 12.2 Å². The second-order valence-corrected chi connectivity index (χ2v) is 8.54. The van der Waals surface area contributed by atoms with Crippen molar-refractivity contribution in [2.75, 3.05) is 11.9 Å². The number of anilines is 1. The maximum Gasteiger partial charge on any atom is 0.262 e. The molecule has 4 rings (SSSR count). The topological polar surface area (TPSA) is 64.4 Å². The van der Waals surface area contributed by atoms with E-state index in [0.29, 0.717) is 23.2 Å². The maximum absolute atomic E-state index is 12.5. The fraction of sp³-hybridized carbons (Fsp3) is 0.259. The van der Waals surface area contributed by atoms with Crippen molar-refractivity contribution in [2.24, 2.45) is 0 Å². The molecule has 32 heavy (non-hydrogen) atoms. The predicted octanol–water partition coefficient (Wildman–Crippen LogP) is 6.56. The van der Waals surface area contributed by atoms with E-state index in [0.717, 1.165) is 33.4 Å². The van der Waals surface area contributed by atoms with Crippen molar-refractivity contribution in [1.82, 2.24) is 4.98 Å². The molecule has 0 unspecified atom stereocenters. The van der Waals surface area contributed by atoms with Gasteiger partial charge in [-0.2, -0.15) is 0 Å². The number of carbonyl (C=O) groups excluding carboxylic acids is 1. The highest BCUT2D eigenvalue weighted by Gasteiger charge is 2.13. The number of rotatable bonds is 6. The molecule has 0 aliphatic rings. The number of ether oxygens (including phenoxy) is 1. The fourth-order valence-corrected chi connectivity index (χ4v) is 3.61. The molecule has 3 aromatic carbocycles. The number of fused-ring (bicyclic) bond motifs is 1. The summed E-state index contributed by atoms with van der Waals surface area (Å²) in [6.07, 6.45) is 0. The monoisotopic (exact) mass is 428 g/mol. The van der Waals surface area contributed by atoms with E-state index in [1.165, 1.54) is 5.56 Å². The van der Waals surface area contributed by atoms with Gasteiger partial charge in [-0.3, -0.25) is 4.79 Å². The van der Waals surface area contributed by atoms with E-state index in [2.05, 4.69) is 36.3 Å². The van der Waals surface area contributed by atoms with E-state index >= 15 is 0 Å². The van der Waals surface area contributed by atoms with Crippen LogP contribution in [-0.4, -0.2) is 17.5 Å². The summed E-state index contributed by atoms with van der Waals surface area (Å²) in [4.78, 5) is 17.2. The minimum absolute atomic E-state index is 0.0611. The van der Waals surface area contributed by atoms with Crippen molar-refractivity contribution >= 4 is 22.7 Å². The lowest BCUT2D eigenvalue weighted by Gasteiger charge is -2.12. The van der Waals surface area contributed by atoms with Gasteiger partial charge >= 0.3 is 0 Å². The molecule has 164 valence electrons. The van der Waals surface area contributed by atoms with Gasteiger partial charge in [-0.15, -0.1) is 0 Å². The molecule has 5 heteroatoms. The number of aromatic nitrogens is 1. The van der Waals surface area contributed by atoms with Crippen LogP contribution >= 0.6 is 0 Å². The number of amides is 1. The lowest BCUT2D eigenvalue weighted by molar-refractivity contribution is -0.118. The number of nitrogens with zero attached hydrogens (tertiary/aromatic N) is 1. The molecule has 0 fully saturated rings. The molecule has 1 heterocycles. The summed E-state index contributed by atoms with van der Waals surface area (Å²) >= 11 is 0.